The molecule has 3 aliphatic rings. The summed E-state index contributed by atoms with van der Waals surface area (Å²) in [4.78, 5) is 59.3. The Kier molecular flexibility index (Phi) is 25.9. The van der Waals surface area contributed by atoms with Crippen molar-refractivity contribution >= 4 is 104 Å². The molecule has 99 heavy (non-hydrogen) atoms. The number of unbranched alkanes of at least 4 members (excludes halogenated alkanes) is 2. The molecular weight excluding hydrogens is 1370 g/mol. The third-order valence-corrected chi connectivity index (χ3v) is 21.9. The van der Waals surface area contributed by atoms with Gasteiger partial charge in [0.1, 0.15) is 18.7 Å². The van der Waals surface area contributed by atoms with Gasteiger partial charge in [0.25, 0.3) is 40.5 Å². The molecule has 0 aromatic heterocycles. The van der Waals surface area contributed by atoms with Gasteiger partial charge in [0.05, 0.1) is 28.2 Å². The van der Waals surface area contributed by atoms with E-state index in [0.29, 0.717) is 54.8 Å². The molecule has 1 aliphatic carbocycles. The Labute approximate surface area is 585 Å². The van der Waals surface area contributed by atoms with Crippen LogP contribution < -0.4 is 36.0 Å². The van der Waals surface area contributed by atoms with Crippen molar-refractivity contribution in [1.29, 1.82) is 0 Å². The van der Waals surface area contributed by atoms with Crippen LogP contribution in [0.15, 0.2) is 160 Å². The van der Waals surface area contributed by atoms with Gasteiger partial charge < -0.3 is 40.7 Å². The molecule has 8 rings (SSSR count). The maximum Gasteiger partial charge on any atom is 0.408 e. The molecule has 5 aromatic rings. The fourth-order valence-electron chi connectivity index (χ4n) is 13.2. The second-order valence-electron chi connectivity index (χ2n) is 26.1. The number of carbonyl (C=O) groups is 4. The van der Waals surface area contributed by atoms with E-state index in [0.717, 1.165) is 62.3 Å². The lowest BCUT2D eigenvalue weighted by Crippen LogP contribution is -2.57. The van der Waals surface area contributed by atoms with E-state index in [9.17, 15) is 71.1 Å². The monoisotopic (exact) mass is 1460 g/mol. The molecule has 8 N–H and O–H groups in total. The van der Waals surface area contributed by atoms with E-state index in [4.69, 9.17) is 16.3 Å². The zero-order valence-electron chi connectivity index (χ0n) is 56.0. The van der Waals surface area contributed by atoms with E-state index in [-0.39, 0.29) is 75.7 Å². The number of likely N-dealkylation sites (N-methyl/N-ethyl adjacent to an activating group) is 1. The third-order valence-electron chi connectivity index (χ3n) is 18.2. The Morgan fingerprint density at radius 1 is 0.687 bits per heavy atom. The summed E-state index contributed by atoms with van der Waals surface area (Å²) in [5.74, 6) is -3.14. The van der Waals surface area contributed by atoms with E-state index in [1.165, 1.54) is 19.2 Å². The first-order valence-corrected chi connectivity index (χ1v) is 39.4. The number of alkyl carbamates (subject to hydrolysis) is 1. The number of hydrogen-bond acceptors (Lipinski definition) is 16. The zero-order valence-corrected chi connectivity index (χ0v) is 60.0. The second kappa shape index (κ2) is 33.2. The molecule has 3 atom stereocenters. The number of nitrogens with one attached hydrogen (secondary N) is 4. The van der Waals surface area contributed by atoms with Crippen LogP contribution in [0.3, 0.4) is 0 Å². The SMILES string of the molecule is CNC(=O)C(CNC(=O)CCCCCN1/C(=C/C=C2\CCCC(/C=C/C3N(CCCS(=O)(=O)O)c4ccc(N(CCCS(=O)(=O)O)CCCS(=O)(=O)O)cc4C3(C)C)=C2Cl)C(C)(C)c2c1ccc1cc(S(=O)(=O)O)ccc21)NC(=O)C(Cc1ccccc1)NC(=O)OCc1ccccc1. The summed E-state index contributed by atoms with van der Waals surface area (Å²) in [5.41, 5.74) is 6.82. The molecule has 2 heterocycles. The summed E-state index contributed by atoms with van der Waals surface area (Å²) in [6.45, 7) is 8.93. The first-order valence-electron chi connectivity index (χ1n) is 32.8. The zero-order chi connectivity index (χ0) is 72.1. The molecule has 3 unspecified atom stereocenters. The van der Waals surface area contributed by atoms with Gasteiger partial charge in [-0.25, -0.2) is 4.79 Å². The minimum atomic E-state index is -4.52. The van der Waals surface area contributed by atoms with Gasteiger partial charge in [0.2, 0.25) is 17.7 Å². The molecule has 2 aliphatic heterocycles. The van der Waals surface area contributed by atoms with Crippen molar-refractivity contribution < 1.29 is 75.8 Å². The van der Waals surface area contributed by atoms with E-state index in [1.54, 1.807) is 53.4 Å². The topological polar surface area (TPSA) is 353 Å². The second-order valence-corrected chi connectivity index (χ2v) is 32.6. The summed E-state index contributed by atoms with van der Waals surface area (Å²) in [7, 11) is -16.0. The van der Waals surface area contributed by atoms with Gasteiger partial charge in [-0.15, -0.1) is 0 Å². The number of anilines is 3. The maximum absolute atomic E-state index is 13.9. The average Bonchev–Trinajstić information content (AvgIpc) is 1.59. The van der Waals surface area contributed by atoms with Crippen molar-refractivity contribution in [3.05, 3.63) is 178 Å². The summed E-state index contributed by atoms with van der Waals surface area (Å²) in [6, 6.07) is 29.1. The summed E-state index contributed by atoms with van der Waals surface area (Å²) in [5, 5.41) is 12.6. The summed E-state index contributed by atoms with van der Waals surface area (Å²) < 4.78 is 139. The van der Waals surface area contributed by atoms with E-state index >= 15 is 0 Å². The van der Waals surface area contributed by atoms with Crippen molar-refractivity contribution in [2.45, 2.75) is 139 Å². The molecule has 24 nitrogen and oxygen atoms in total. The van der Waals surface area contributed by atoms with Crippen LogP contribution >= 0.6 is 11.6 Å². The molecule has 0 radical (unpaired) electrons. The van der Waals surface area contributed by atoms with Crippen LogP contribution in [0.2, 0.25) is 0 Å². The largest absolute Gasteiger partial charge is 0.445 e. The van der Waals surface area contributed by atoms with Crippen LogP contribution in [-0.4, -0.2) is 151 Å². The number of carbonyl (C=O) groups excluding carboxylic acids is 4. The number of nitrogens with zero attached hydrogens (tertiary/aromatic N) is 3. The fourth-order valence-corrected chi connectivity index (χ4v) is 15.5. The van der Waals surface area contributed by atoms with Gasteiger partial charge >= 0.3 is 6.09 Å². The van der Waals surface area contributed by atoms with Gasteiger partial charge in [-0.1, -0.05) is 137 Å². The van der Waals surface area contributed by atoms with Gasteiger partial charge in [-0.2, -0.15) is 33.7 Å². The van der Waals surface area contributed by atoms with Gasteiger partial charge in [-0.05, 0) is 138 Å². The maximum atomic E-state index is 13.9. The molecule has 0 saturated heterocycles. The Bertz CT molecular complexity index is 4340. The standard InChI is InChI=1S/C70H88ClN7O17S4/c1-69(2)56-45-53(76(36-16-40-96(83,84)85)37-17-41-97(86,87)88)29-33-59(56)77(39-18-42-98(89,90)91)61(69)34-27-50-23-15-24-51(65(50)71)28-35-62-70(3,4)64-55-31-30-54(99(92,93)94)44-52(55)26-32-60(64)78(62)38-14-8-13-25-63(79)73-46-58(66(80)72-5)74-67(81)57(43-48-19-9-6-10-20-48)75-68(82)95-47-49-21-11-7-12-22-49/h6-7,9-12,19-22,26-35,44-45,57-58,61H,8,13-18,23-25,36-43,46-47H2,1-5H3,(H,72,80)(H,73,79)(H,74,81)(H,75,82)(H,83,84,85)(H,86,87,88)(H,89,90,91)(H,92,93,94)/b34-27+,51-28+,62-35+. The Hall–Kier alpha value is -7.67. The van der Waals surface area contributed by atoms with E-state index in [2.05, 4.69) is 51.0 Å². The Morgan fingerprint density at radius 3 is 1.96 bits per heavy atom. The van der Waals surface area contributed by atoms with Crippen LogP contribution in [0.5, 0.6) is 0 Å². The number of halogens is 1. The smallest absolute Gasteiger partial charge is 0.408 e. The Morgan fingerprint density at radius 2 is 1.32 bits per heavy atom. The van der Waals surface area contributed by atoms with Crippen molar-refractivity contribution in [3.63, 3.8) is 0 Å². The minimum Gasteiger partial charge on any atom is -0.445 e. The molecule has 0 spiro atoms. The van der Waals surface area contributed by atoms with Gasteiger partial charge in [0, 0.05) is 91.2 Å². The molecule has 0 saturated carbocycles. The van der Waals surface area contributed by atoms with Crippen LogP contribution in [0.25, 0.3) is 10.8 Å². The van der Waals surface area contributed by atoms with E-state index < -0.39 is 105 Å². The number of benzene rings is 5. The highest BCUT2D eigenvalue weighted by atomic mass is 35.5. The number of ether oxygens (including phenoxy) is 1. The summed E-state index contributed by atoms with van der Waals surface area (Å²) >= 11 is 7.42. The molecule has 29 heteroatoms. The lowest BCUT2D eigenvalue weighted by Gasteiger charge is -2.33. The van der Waals surface area contributed by atoms with Crippen LogP contribution in [0, 0.1) is 0 Å². The van der Waals surface area contributed by atoms with Crippen molar-refractivity contribution in [2.75, 3.05) is 71.7 Å². The molecule has 0 fully saturated rings. The van der Waals surface area contributed by atoms with Crippen molar-refractivity contribution in [1.82, 2.24) is 21.3 Å². The average molecular weight is 1460 g/mol. The van der Waals surface area contributed by atoms with Gasteiger partial charge in [-0.3, -0.25) is 32.6 Å². The number of hydrogen-bond donors (Lipinski definition) is 8. The first-order chi connectivity index (χ1) is 46.6. The predicted octanol–water partition coefficient (Wildman–Crippen LogP) is 9.48. The molecular formula is C70H88ClN7O17S4. The number of amides is 4. The van der Waals surface area contributed by atoms with Crippen molar-refractivity contribution in [3.8, 4) is 0 Å². The number of fused-ring (bicyclic) bond motifs is 4. The number of allylic oxidation sites excluding steroid dienone is 7. The highest BCUT2D eigenvalue weighted by Crippen LogP contribution is 2.52. The van der Waals surface area contributed by atoms with Gasteiger partial charge in [0.15, 0.2) is 0 Å². The van der Waals surface area contributed by atoms with Crippen molar-refractivity contribution in [2.24, 2.45) is 0 Å². The highest BCUT2D eigenvalue weighted by molar-refractivity contribution is 7.86. The lowest BCUT2D eigenvalue weighted by molar-refractivity contribution is -0.130. The minimum absolute atomic E-state index is 0.0192. The molecule has 4 amide bonds. The first kappa shape index (κ1) is 77.1. The fraction of sp³-hybridized carbons (Fsp3) is 0.429. The highest BCUT2D eigenvalue weighted by Gasteiger charge is 2.44. The van der Waals surface area contributed by atoms with E-state index in [1.807, 2.05) is 80.6 Å². The summed E-state index contributed by atoms with van der Waals surface area (Å²) in [6.07, 6.45) is 11.3. The Balaban J connectivity index is 0.995. The van der Waals surface area contributed by atoms with Crippen LogP contribution in [0.1, 0.15) is 114 Å². The lowest BCUT2D eigenvalue weighted by atomic mass is 9.79. The number of rotatable bonds is 33. The quantitative estimate of drug-likeness (QED) is 0.0143. The van der Waals surface area contributed by atoms with Crippen LogP contribution in [0.4, 0.5) is 21.9 Å². The molecule has 5 aromatic carbocycles. The predicted molar refractivity (Wildman–Crippen MR) is 383 cm³/mol. The van der Waals surface area contributed by atoms with Crippen LogP contribution in [-0.2, 0) is 83.5 Å². The molecule has 0 bridgehead atoms. The molecule has 536 valence electrons. The normalized spacial score (nSPS) is 17.5. The third kappa shape index (κ3) is 21.2.